The Bertz CT molecular complexity index is 1290. The van der Waals surface area contributed by atoms with Gasteiger partial charge in [0.15, 0.2) is 11.1 Å². The van der Waals surface area contributed by atoms with Crippen molar-refractivity contribution in [3.63, 3.8) is 0 Å². The predicted molar refractivity (Wildman–Crippen MR) is 129 cm³/mol. The molecule has 1 aromatic heterocycles. The summed E-state index contributed by atoms with van der Waals surface area (Å²) < 4.78 is 7.94. The number of alkyl halides is 1. The van der Waals surface area contributed by atoms with E-state index in [1.807, 2.05) is 54.6 Å². The quantitative estimate of drug-likeness (QED) is 0.309. The van der Waals surface area contributed by atoms with Gasteiger partial charge in [0.05, 0.1) is 5.39 Å². The van der Waals surface area contributed by atoms with Crippen LogP contribution in [-0.4, -0.2) is 4.74 Å². The Morgan fingerprint density at radius 2 is 1.61 bits per heavy atom. The molecular weight excluding hydrogens is 450 g/mol. The molecular formula is C27H22BrNO2. The molecule has 31 heavy (non-hydrogen) atoms. The van der Waals surface area contributed by atoms with Crippen molar-refractivity contribution in [3.05, 3.63) is 130 Å². The van der Waals surface area contributed by atoms with Crippen LogP contribution in [0.2, 0.25) is 0 Å². The molecule has 0 aliphatic heterocycles. The smallest absolute Gasteiger partial charge is 0.291 e. The second-order valence-corrected chi connectivity index (χ2v) is 8.32. The molecule has 0 spiro atoms. The van der Waals surface area contributed by atoms with Crippen LogP contribution in [0, 0.1) is 0 Å². The molecule has 1 heterocycles. The zero-order valence-electron chi connectivity index (χ0n) is 17.0. The van der Waals surface area contributed by atoms with Gasteiger partial charge in [-0.25, -0.2) is 0 Å². The first kappa shape index (κ1) is 19.8. The Hall–Kier alpha value is -3.11. The summed E-state index contributed by atoms with van der Waals surface area (Å²) in [6.07, 6.45) is 8.14. The molecule has 0 N–H and O–H groups in total. The Labute approximate surface area is 189 Å². The Kier molecular flexibility index (Phi) is 5.24. The van der Waals surface area contributed by atoms with Gasteiger partial charge in [0.1, 0.15) is 0 Å². The van der Waals surface area contributed by atoms with Crippen LogP contribution in [0.3, 0.4) is 0 Å². The van der Waals surface area contributed by atoms with Crippen LogP contribution < -0.4 is 5.56 Å². The van der Waals surface area contributed by atoms with E-state index in [0.29, 0.717) is 16.3 Å². The van der Waals surface area contributed by atoms with Crippen LogP contribution in [0.1, 0.15) is 29.5 Å². The van der Waals surface area contributed by atoms with Crippen molar-refractivity contribution in [1.82, 2.24) is 4.74 Å². The second kappa shape index (κ2) is 8.20. The maximum absolute atomic E-state index is 13.8. The van der Waals surface area contributed by atoms with Crippen molar-refractivity contribution >= 4 is 26.9 Å². The van der Waals surface area contributed by atoms with E-state index in [4.69, 9.17) is 4.52 Å². The van der Waals surface area contributed by atoms with E-state index in [1.165, 1.54) is 0 Å². The maximum Gasteiger partial charge on any atom is 0.291 e. The predicted octanol–water partition coefficient (Wildman–Crippen LogP) is 6.56. The van der Waals surface area contributed by atoms with Gasteiger partial charge < -0.3 is 4.52 Å². The molecule has 4 aromatic rings. The number of nitrogens with zero attached hydrogens (tertiary/aromatic N) is 1. The number of hydrogen-bond acceptors (Lipinski definition) is 2. The van der Waals surface area contributed by atoms with Crippen molar-refractivity contribution in [2.75, 3.05) is 0 Å². The van der Waals surface area contributed by atoms with Gasteiger partial charge in [0.25, 0.3) is 5.56 Å². The number of hydrogen-bond donors (Lipinski definition) is 0. The topological polar surface area (TPSA) is 35.1 Å². The van der Waals surface area contributed by atoms with Crippen LogP contribution in [0.15, 0.2) is 112 Å². The fraction of sp³-hybridized carbons (Fsp3) is 0.148. The number of rotatable bonds is 5. The van der Waals surface area contributed by atoms with E-state index in [2.05, 4.69) is 58.4 Å². The number of halogens is 1. The number of aromatic nitrogens is 1. The van der Waals surface area contributed by atoms with E-state index in [9.17, 15) is 4.79 Å². The summed E-state index contributed by atoms with van der Waals surface area (Å²) in [6, 6.07) is 26.2. The summed E-state index contributed by atoms with van der Waals surface area (Å²) in [6.45, 7) is 0. The number of allylic oxidation sites excluding steroid dienone is 4. The van der Waals surface area contributed by atoms with Gasteiger partial charge in [0.2, 0.25) is 0 Å². The van der Waals surface area contributed by atoms with Crippen LogP contribution in [0.4, 0.5) is 0 Å². The first-order chi connectivity index (χ1) is 15.2. The van der Waals surface area contributed by atoms with Crippen molar-refractivity contribution in [3.8, 4) is 0 Å². The maximum atomic E-state index is 13.8. The molecule has 0 radical (unpaired) electrons. The van der Waals surface area contributed by atoms with Gasteiger partial charge in [-0.3, -0.25) is 4.79 Å². The largest absolute Gasteiger partial charge is 0.374 e. The third kappa shape index (κ3) is 3.22. The molecule has 4 heteroatoms. The van der Waals surface area contributed by atoms with Crippen LogP contribution in [0.5, 0.6) is 0 Å². The van der Waals surface area contributed by atoms with Gasteiger partial charge in [-0.05, 0) is 47.2 Å². The van der Waals surface area contributed by atoms with Crippen LogP contribution >= 0.6 is 15.9 Å². The normalized spacial score (nSPS) is 14.0. The summed E-state index contributed by atoms with van der Waals surface area (Å²) in [5.74, 6) is 0. The molecule has 1 aliphatic carbocycles. The minimum atomic E-state index is -0.863. The number of benzene rings is 3. The lowest BCUT2D eigenvalue weighted by Gasteiger charge is -2.37. The van der Waals surface area contributed by atoms with Crippen molar-refractivity contribution in [2.24, 2.45) is 0 Å². The van der Waals surface area contributed by atoms with Crippen LogP contribution in [0.25, 0.3) is 11.0 Å². The highest BCUT2D eigenvalue weighted by Gasteiger charge is 2.43. The molecule has 0 saturated carbocycles. The zero-order valence-corrected chi connectivity index (χ0v) is 18.6. The average molecular weight is 472 g/mol. The summed E-state index contributed by atoms with van der Waals surface area (Å²) >= 11 is 3.49. The van der Waals surface area contributed by atoms with Gasteiger partial charge >= 0.3 is 0 Å². The Morgan fingerprint density at radius 1 is 0.935 bits per heavy atom. The van der Waals surface area contributed by atoms with Gasteiger partial charge in [-0.1, -0.05) is 101 Å². The van der Waals surface area contributed by atoms with E-state index in [-0.39, 0.29) is 5.56 Å². The molecule has 5 rings (SSSR count). The molecule has 154 valence electrons. The van der Waals surface area contributed by atoms with E-state index in [1.54, 1.807) is 4.74 Å². The van der Waals surface area contributed by atoms with E-state index >= 15 is 0 Å². The van der Waals surface area contributed by atoms with Gasteiger partial charge in [-0.2, -0.15) is 4.74 Å². The highest BCUT2D eigenvalue weighted by atomic mass is 79.9. The van der Waals surface area contributed by atoms with Crippen molar-refractivity contribution < 1.29 is 4.52 Å². The Morgan fingerprint density at radius 3 is 2.19 bits per heavy atom. The van der Waals surface area contributed by atoms with Crippen molar-refractivity contribution in [1.29, 1.82) is 0 Å². The minimum absolute atomic E-state index is 0.124. The van der Waals surface area contributed by atoms with Gasteiger partial charge in [0, 0.05) is 5.33 Å². The monoisotopic (exact) mass is 471 g/mol. The minimum Gasteiger partial charge on any atom is -0.374 e. The average Bonchev–Trinajstić information content (AvgIpc) is 3.17. The third-order valence-electron chi connectivity index (χ3n) is 5.97. The second-order valence-electron chi connectivity index (χ2n) is 7.76. The molecule has 0 unspecified atom stereocenters. The molecule has 0 amide bonds. The molecule has 3 nitrogen and oxygen atoms in total. The fourth-order valence-corrected chi connectivity index (χ4v) is 4.89. The highest BCUT2D eigenvalue weighted by molar-refractivity contribution is 9.08. The lowest BCUT2D eigenvalue weighted by atomic mass is 9.74. The first-order valence-corrected chi connectivity index (χ1v) is 11.6. The molecule has 0 atom stereocenters. The van der Waals surface area contributed by atoms with Crippen LogP contribution in [-0.2, 0) is 10.9 Å². The molecule has 0 saturated heterocycles. The SMILES string of the molecule is O=c1c2cc(CBr)ccc2on1C(C1=CC=CCC1)(c1ccccc1)c1ccccc1. The van der Waals surface area contributed by atoms with Crippen molar-refractivity contribution in [2.45, 2.75) is 23.7 Å². The fourth-order valence-electron chi connectivity index (χ4n) is 4.54. The lowest BCUT2D eigenvalue weighted by molar-refractivity contribution is 0.214. The summed E-state index contributed by atoms with van der Waals surface area (Å²) in [7, 11) is 0. The summed E-state index contributed by atoms with van der Waals surface area (Å²) in [5, 5.41) is 1.28. The molecule has 3 aromatic carbocycles. The Balaban J connectivity index is 1.92. The number of fused-ring (bicyclic) bond motifs is 1. The zero-order chi connectivity index (χ0) is 21.3. The third-order valence-corrected chi connectivity index (χ3v) is 6.62. The van der Waals surface area contributed by atoms with Gasteiger partial charge in [-0.15, -0.1) is 0 Å². The summed E-state index contributed by atoms with van der Waals surface area (Å²) in [5.41, 5.74) is 3.79. The van der Waals surface area contributed by atoms with E-state index < -0.39 is 5.54 Å². The molecule has 0 fully saturated rings. The lowest BCUT2D eigenvalue weighted by Crippen LogP contribution is -2.43. The summed E-state index contributed by atoms with van der Waals surface area (Å²) in [4.78, 5) is 13.8. The highest BCUT2D eigenvalue weighted by Crippen LogP contribution is 2.43. The molecule has 1 aliphatic rings. The standard InChI is InChI=1S/C27H22BrNO2/c28-19-20-16-17-25-24(18-20)26(30)29(31-25)27(21-10-4-1-5-11-21,22-12-6-2-7-13-22)23-14-8-3-9-15-23/h1-8,10-14,16-18H,9,15,19H2. The molecule has 0 bridgehead atoms. The first-order valence-electron chi connectivity index (χ1n) is 10.4. The van der Waals surface area contributed by atoms with E-state index in [0.717, 1.165) is 35.1 Å².